The van der Waals surface area contributed by atoms with Crippen molar-refractivity contribution >= 4 is 44.1 Å². The number of hydrogen-bond acceptors (Lipinski definition) is 5. The number of nitrogens with zero attached hydrogens (tertiary/aromatic N) is 2. The van der Waals surface area contributed by atoms with Crippen molar-refractivity contribution in [3.05, 3.63) is 86.0 Å². The molecule has 0 radical (unpaired) electrons. The van der Waals surface area contributed by atoms with E-state index < -0.39 is 15.8 Å². The summed E-state index contributed by atoms with van der Waals surface area (Å²) in [6.07, 6.45) is 0.590. The molecule has 2 aromatic heterocycles. The number of aryl methyl sites for hydroxylation is 1. The van der Waals surface area contributed by atoms with E-state index in [2.05, 4.69) is 0 Å². The first kappa shape index (κ1) is 21.8. The molecule has 6 nitrogen and oxygen atoms in total. The Labute approximate surface area is 189 Å². The zero-order chi connectivity index (χ0) is 22.2. The topological polar surface area (TPSA) is 72.5 Å². The average molecular weight is 477 g/mol. The van der Waals surface area contributed by atoms with Crippen molar-refractivity contribution in [2.24, 2.45) is 7.05 Å². The maximum atomic E-state index is 13.7. The highest BCUT2D eigenvalue weighted by Gasteiger charge is 2.30. The highest BCUT2D eigenvalue weighted by molar-refractivity contribution is 7.89. The van der Waals surface area contributed by atoms with E-state index >= 15 is 0 Å². The van der Waals surface area contributed by atoms with Crippen LogP contribution in [0.5, 0.6) is 0 Å². The molecule has 4 aromatic rings. The Balaban J connectivity index is 1.74. The zero-order valence-corrected chi connectivity index (χ0v) is 19.4. The fourth-order valence-electron chi connectivity index (χ4n) is 3.48. The number of benzene rings is 2. The number of hydrogen-bond donors (Lipinski definition) is 0. The van der Waals surface area contributed by atoms with E-state index in [1.807, 2.05) is 36.6 Å². The molecule has 162 valence electrons. The summed E-state index contributed by atoms with van der Waals surface area (Å²) in [5, 5.41) is 2.57. The molecule has 0 saturated heterocycles. The number of rotatable bonds is 7. The molecule has 0 N–H and O–H groups in total. The van der Waals surface area contributed by atoms with Gasteiger partial charge in [0.1, 0.15) is 0 Å². The molecule has 0 aliphatic heterocycles. The summed E-state index contributed by atoms with van der Waals surface area (Å²) >= 11 is 7.59. The van der Waals surface area contributed by atoms with E-state index in [1.54, 1.807) is 36.6 Å². The molecule has 2 heterocycles. The maximum absolute atomic E-state index is 13.7. The molecule has 1 unspecified atom stereocenters. The van der Waals surface area contributed by atoms with Gasteiger partial charge < -0.3 is 4.42 Å². The fourth-order valence-corrected chi connectivity index (χ4v) is 6.07. The van der Waals surface area contributed by atoms with Crippen LogP contribution in [-0.4, -0.2) is 23.3 Å². The van der Waals surface area contributed by atoms with Gasteiger partial charge in [-0.05, 0) is 54.6 Å². The summed E-state index contributed by atoms with van der Waals surface area (Å²) in [4.78, 5) is 13.0. The van der Waals surface area contributed by atoms with Gasteiger partial charge in [0, 0.05) is 35.6 Å². The molecule has 0 aliphatic rings. The number of thiophene rings is 1. The minimum Gasteiger partial charge on any atom is -0.408 e. The number of sulfonamides is 1. The first-order valence-electron chi connectivity index (χ1n) is 9.64. The molecular formula is C22H21ClN2O4S2. The molecule has 0 bridgehead atoms. The van der Waals surface area contributed by atoms with Gasteiger partial charge in [0.15, 0.2) is 5.58 Å². The van der Waals surface area contributed by atoms with Gasteiger partial charge in [-0.3, -0.25) is 4.57 Å². The Kier molecular flexibility index (Phi) is 6.07. The van der Waals surface area contributed by atoms with Crippen molar-refractivity contribution in [1.29, 1.82) is 0 Å². The minimum absolute atomic E-state index is 0.0846. The summed E-state index contributed by atoms with van der Waals surface area (Å²) in [5.41, 5.74) is 1.61. The normalized spacial score (nSPS) is 13.2. The zero-order valence-electron chi connectivity index (χ0n) is 17.0. The molecule has 9 heteroatoms. The molecule has 1 atom stereocenters. The Morgan fingerprint density at radius 2 is 1.90 bits per heavy atom. The Morgan fingerprint density at radius 1 is 1.16 bits per heavy atom. The third kappa shape index (κ3) is 4.48. The first-order valence-corrected chi connectivity index (χ1v) is 12.3. The third-order valence-electron chi connectivity index (χ3n) is 5.19. The van der Waals surface area contributed by atoms with Crippen LogP contribution in [0.15, 0.2) is 74.1 Å². The van der Waals surface area contributed by atoms with Crippen LogP contribution in [0.2, 0.25) is 5.02 Å². The summed E-state index contributed by atoms with van der Waals surface area (Å²) in [7, 11) is -2.29. The van der Waals surface area contributed by atoms with Gasteiger partial charge in [0.2, 0.25) is 10.0 Å². The smallest absolute Gasteiger partial charge is 0.408 e. The average Bonchev–Trinajstić information content (AvgIpc) is 3.34. The van der Waals surface area contributed by atoms with Crippen molar-refractivity contribution in [3.63, 3.8) is 0 Å². The molecule has 0 spiro atoms. The fraction of sp³-hybridized carbons (Fsp3) is 0.227. The monoisotopic (exact) mass is 476 g/mol. The number of aromatic nitrogens is 1. The SMILES string of the molecule is CC(Cc1cccs1)N(Cc1ccc(Cl)cc1)S(=O)(=O)c1ccc2c(c1)oc(=O)n2C. The quantitative estimate of drug-likeness (QED) is 0.388. The van der Waals surface area contributed by atoms with Crippen LogP contribution in [-0.2, 0) is 30.0 Å². The number of halogens is 1. The summed E-state index contributed by atoms with van der Waals surface area (Å²) in [5.74, 6) is -0.534. The minimum atomic E-state index is -3.87. The Bertz CT molecular complexity index is 1360. The maximum Gasteiger partial charge on any atom is 0.419 e. The van der Waals surface area contributed by atoms with Gasteiger partial charge in [-0.25, -0.2) is 13.2 Å². The second-order valence-corrected chi connectivity index (χ2v) is 10.7. The molecule has 4 rings (SSSR count). The Morgan fingerprint density at radius 3 is 2.58 bits per heavy atom. The van der Waals surface area contributed by atoms with Crippen LogP contribution >= 0.6 is 22.9 Å². The van der Waals surface area contributed by atoms with Gasteiger partial charge in [0.05, 0.1) is 10.4 Å². The highest BCUT2D eigenvalue weighted by Crippen LogP contribution is 2.27. The van der Waals surface area contributed by atoms with Crippen LogP contribution in [0.25, 0.3) is 11.1 Å². The van der Waals surface area contributed by atoms with Crippen molar-refractivity contribution in [3.8, 4) is 0 Å². The van der Waals surface area contributed by atoms with E-state index in [0.29, 0.717) is 17.0 Å². The molecule has 0 amide bonds. The van der Waals surface area contributed by atoms with Crippen molar-refractivity contribution in [1.82, 2.24) is 8.87 Å². The third-order valence-corrected chi connectivity index (χ3v) is 8.30. The van der Waals surface area contributed by atoms with E-state index in [0.717, 1.165) is 10.4 Å². The van der Waals surface area contributed by atoms with Crippen LogP contribution in [0, 0.1) is 0 Å². The molecule has 0 aliphatic carbocycles. The van der Waals surface area contributed by atoms with E-state index in [1.165, 1.54) is 21.0 Å². The van der Waals surface area contributed by atoms with E-state index in [4.69, 9.17) is 16.0 Å². The van der Waals surface area contributed by atoms with Gasteiger partial charge in [-0.2, -0.15) is 4.31 Å². The van der Waals surface area contributed by atoms with Crippen molar-refractivity contribution < 1.29 is 12.8 Å². The molecule has 31 heavy (non-hydrogen) atoms. The molecule has 0 saturated carbocycles. The van der Waals surface area contributed by atoms with E-state index in [9.17, 15) is 13.2 Å². The van der Waals surface area contributed by atoms with Gasteiger partial charge in [-0.1, -0.05) is 29.8 Å². The largest absolute Gasteiger partial charge is 0.419 e. The van der Waals surface area contributed by atoms with Gasteiger partial charge >= 0.3 is 5.76 Å². The van der Waals surface area contributed by atoms with E-state index in [-0.39, 0.29) is 23.1 Å². The first-order chi connectivity index (χ1) is 14.8. The molecule has 0 fully saturated rings. The lowest BCUT2D eigenvalue weighted by Crippen LogP contribution is -2.39. The summed E-state index contributed by atoms with van der Waals surface area (Å²) in [6.45, 7) is 2.09. The summed E-state index contributed by atoms with van der Waals surface area (Å²) < 4.78 is 35.4. The Hall–Kier alpha value is -2.39. The van der Waals surface area contributed by atoms with Crippen molar-refractivity contribution in [2.45, 2.75) is 30.8 Å². The lowest BCUT2D eigenvalue weighted by Gasteiger charge is -2.28. The van der Waals surface area contributed by atoms with Gasteiger partial charge in [0.25, 0.3) is 0 Å². The van der Waals surface area contributed by atoms with Crippen LogP contribution in [0.1, 0.15) is 17.4 Å². The molecule has 2 aromatic carbocycles. The lowest BCUT2D eigenvalue weighted by molar-refractivity contribution is 0.329. The predicted molar refractivity (Wildman–Crippen MR) is 123 cm³/mol. The summed E-state index contributed by atoms with van der Waals surface area (Å²) in [6, 6.07) is 15.3. The predicted octanol–water partition coefficient (Wildman–Crippen LogP) is 4.67. The van der Waals surface area contributed by atoms with Crippen molar-refractivity contribution in [2.75, 3.05) is 0 Å². The number of oxazole rings is 1. The van der Waals surface area contributed by atoms with Crippen LogP contribution in [0.4, 0.5) is 0 Å². The van der Waals surface area contributed by atoms with Crippen LogP contribution < -0.4 is 5.76 Å². The molecular weight excluding hydrogens is 456 g/mol. The highest BCUT2D eigenvalue weighted by atomic mass is 35.5. The standard InChI is InChI=1S/C22H21ClN2O4S2/c1-15(12-18-4-3-11-30-18)25(14-16-5-7-17(23)8-6-16)31(27,28)19-9-10-20-21(13-19)29-22(26)24(20)2/h3-11,13,15H,12,14H2,1-2H3. The van der Waals surface area contributed by atoms with Crippen LogP contribution in [0.3, 0.4) is 0 Å². The lowest BCUT2D eigenvalue weighted by atomic mass is 10.1. The second-order valence-electron chi connectivity index (χ2n) is 7.37. The van der Waals surface area contributed by atoms with Gasteiger partial charge in [-0.15, -0.1) is 11.3 Å². The number of fused-ring (bicyclic) bond motifs is 1. The second kappa shape index (κ2) is 8.63.